The van der Waals surface area contributed by atoms with Crippen LogP contribution in [0.4, 0.5) is 5.69 Å². The van der Waals surface area contributed by atoms with Gasteiger partial charge in [-0.25, -0.2) is 0 Å². The maximum atomic E-state index is 11.7. The molecule has 5 nitrogen and oxygen atoms in total. The molecule has 6 heteroatoms. The fourth-order valence-corrected chi connectivity index (χ4v) is 3.41. The number of carbonyl (C=O) groups excluding carboxylic acids is 1. The number of Topliss-reactive ketones (excluding diaryl/α,β-unsaturated/α-hetero) is 1. The molecule has 0 radical (unpaired) electrons. The summed E-state index contributed by atoms with van der Waals surface area (Å²) in [4.78, 5) is 14.7. The molecule has 3 rings (SSSR count). The van der Waals surface area contributed by atoms with Gasteiger partial charge in [-0.3, -0.25) is 4.79 Å². The number of anilines is 1. The first-order valence-electron chi connectivity index (χ1n) is 6.33. The van der Waals surface area contributed by atoms with Gasteiger partial charge in [-0.1, -0.05) is 23.9 Å². The number of para-hydroxylation sites is 1. The van der Waals surface area contributed by atoms with Crippen molar-refractivity contribution >= 4 is 23.2 Å². The summed E-state index contributed by atoms with van der Waals surface area (Å²) >= 11 is 1.50. The molecule has 0 fully saturated rings. The van der Waals surface area contributed by atoms with Crippen LogP contribution in [-0.2, 0) is 4.79 Å². The third kappa shape index (κ3) is 1.90. The first-order chi connectivity index (χ1) is 10.6. The molecule has 1 heterocycles. The van der Waals surface area contributed by atoms with Crippen molar-refractivity contribution in [2.45, 2.75) is 4.90 Å². The average molecular weight is 307 g/mol. The molecule has 0 unspecified atom stereocenters. The van der Waals surface area contributed by atoms with E-state index in [1.165, 1.54) is 11.8 Å². The van der Waals surface area contributed by atoms with E-state index in [-0.39, 0.29) is 16.7 Å². The number of carbonyl (C=O) groups is 1. The van der Waals surface area contributed by atoms with Crippen LogP contribution in [0.25, 0.3) is 0 Å². The van der Waals surface area contributed by atoms with Gasteiger partial charge >= 0.3 is 0 Å². The van der Waals surface area contributed by atoms with Crippen molar-refractivity contribution in [3.05, 3.63) is 57.8 Å². The molecular formula is C16H9N3O2S. The SMILES string of the molecule is CN1C(=CC2=C(O)C(=O)C2=C(C#N)C#N)Sc2ccccc21. The minimum absolute atomic E-state index is 0.0139. The highest BCUT2D eigenvalue weighted by Crippen LogP contribution is 2.46. The number of nitrogens with zero attached hydrogens (tertiary/aromatic N) is 3. The molecule has 1 aromatic rings. The lowest BCUT2D eigenvalue weighted by molar-refractivity contribution is -0.115. The number of aliphatic hydroxyl groups excluding tert-OH is 1. The van der Waals surface area contributed by atoms with Crippen LogP contribution in [0.15, 0.2) is 62.7 Å². The van der Waals surface area contributed by atoms with Crippen molar-refractivity contribution in [1.82, 2.24) is 0 Å². The summed E-state index contributed by atoms with van der Waals surface area (Å²) < 4.78 is 0. The van der Waals surface area contributed by atoms with Crippen LogP contribution in [0, 0.1) is 22.7 Å². The van der Waals surface area contributed by atoms with Crippen LogP contribution in [0.1, 0.15) is 0 Å². The largest absolute Gasteiger partial charge is 0.504 e. The molecule has 0 spiro atoms. The van der Waals surface area contributed by atoms with E-state index in [1.807, 2.05) is 36.2 Å². The first kappa shape index (κ1) is 14.0. The Morgan fingerprint density at radius 2 is 2.00 bits per heavy atom. The molecule has 0 amide bonds. The quantitative estimate of drug-likeness (QED) is 0.634. The molecule has 1 N–H and O–H groups in total. The van der Waals surface area contributed by atoms with Crippen LogP contribution in [0.5, 0.6) is 0 Å². The van der Waals surface area contributed by atoms with Gasteiger partial charge in [0.25, 0.3) is 0 Å². The smallest absolute Gasteiger partial charge is 0.230 e. The van der Waals surface area contributed by atoms with Crippen molar-refractivity contribution in [2.24, 2.45) is 0 Å². The summed E-state index contributed by atoms with van der Waals surface area (Å²) in [6.07, 6.45) is 1.63. The molecule has 106 valence electrons. The van der Waals surface area contributed by atoms with Crippen LogP contribution in [0.2, 0.25) is 0 Å². The van der Waals surface area contributed by atoms with Gasteiger partial charge in [0, 0.05) is 17.5 Å². The Balaban J connectivity index is 2.05. The Kier molecular flexibility index (Phi) is 3.25. The summed E-state index contributed by atoms with van der Waals surface area (Å²) in [5, 5.41) is 28.4. The number of ketones is 1. The summed E-state index contributed by atoms with van der Waals surface area (Å²) in [6, 6.07) is 11.2. The molecule has 1 aromatic carbocycles. The van der Waals surface area contributed by atoms with Gasteiger partial charge in [-0.2, -0.15) is 10.5 Å². The lowest BCUT2D eigenvalue weighted by Crippen LogP contribution is -2.23. The van der Waals surface area contributed by atoms with Gasteiger partial charge in [0.15, 0.2) is 5.76 Å². The highest BCUT2D eigenvalue weighted by molar-refractivity contribution is 8.03. The van der Waals surface area contributed by atoms with Gasteiger partial charge in [0.1, 0.15) is 17.7 Å². The molecule has 0 atom stereocenters. The zero-order valence-corrected chi connectivity index (χ0v) is 12.3. The number of hydrogen-bond donors (Lipinski definition) is 1. The van der Waals surface area contributed by atoms with Crippen LogP contribution in [0.3, 0.4) is 0 Å². The third-order valence-corrected chi connectivity index (χ3v) is 4.65. The minimum Gasteiger partial charge on any atom is -0.504 e. The maximum Gasteiger partial charge on any atom is 0.230 e. The van der Waals surface area contributed by atoms with E-state index in [0.717, 1.165) is 15.6 Å². The number of nitriles is 2. The summed E-state index contributed by atoms with van der Waals surface area (Å²) in [5.41, 5.74) is 0.971. The molecule has 22 heavy (non-hydrogen) atoms. The van der Waals surface area contributed by atoms with Crippen LogP contribution in [-0.4, -0.2) is 17.9 Å². The van der Waals surface area contributed by atoms with Crippen molar-refractivity contribution in [1.29, 1.82) is 10.5 Å². The van der Waals surface area contributed by atoms with Gasteiger partial charge in [0.2, 0.25) is 5.78 Å². The second-order valence-electron chi connectivity index (χ2n) is 4.68. The third-order valence-electron chi connectivity index (χ3n) is 3.48. The Hall–Kier alpha value is -2.96. The number of allylic oxidation sites excluding steroid dienone is 4. The van der Waals surface area contributed by atoms with Gasteiger partial charge in [-0.05, 0) is 18.2 Å². The predicted molar refractivity (Wildman–Crippen MR) is 81.7 cm³/mol. The fraction of sp³-hybridized carbons (Fsp3) is 0.0625. The number of aliphatic hydroxyl groups is 1. The standard InChI is InChI=1S/C16H9N3O2S/c1-19-11-4-2-3-5-12(11)22-13(19)6-10-14(9(7-17)8-18)16(21)15(10)20/h2-6,20H,1H3. The highest BCUT2D eigenvalue weighted by atomic mass is 32.2. The normalized spacial score (nSPS) is 18.0. The molecule has 1 aliphatic carbocycles. The molecule has 1 aliphatic heterocycles. The number of benzene rings is 1. The zero-order valence-electron chi connectivity index (χ0n) is 11.5. The van der Waals surface area contributed by atoms with Crippen LogP contribution < -0.4 is 4.90 Å². The monoisotopic (exact) mass is 307 g/mol. The van der Waals surface area contributed by atoms with E-state index in [1.54, 1.807) is 18.2 Å². The molecule has 0 bridgehead atoms. The van der Waals surface area contributed by atoms with Crippen molar-refractivity contribution < 1.29 is 9.90 Å². The van der Waals surface area contributed by atoms with E-state index >= 15 is 0 Å². The van der Waals surface area contributed by atoms with E-state index in [0.29, 0.717) is 0 Å². The summed E-state index contributed by atoms with van der Waals surface area (Å²) in [5.74, 6) is -1.07. The Labute approximate surface area is 131 Å². The predicted octanol–water partition coefficient (Wildman–Crippen LogP) is 2.81. The topological polar surface area (TPSA) is 88.1 Å². The molecule has 0 saturated heterocycles. The molecule has 0 saturated carbocycles. The van der Waals surface area contributed by atoms with E-state index in [9.17, 15) is 9.90 Å². The summed E-state index contributed by atoms with van der Waals surface area (Å²) in [6.45, 7) is 0. The van der Waals surface area contributed by atoms with E-state index < -0.39 is 11.5 Å². The van der Waals surface area contributed by atoms with E-state index in [2.05, 4.69) is 0 Å². The lowest BCUT2D eigenvalue weighted by atomic mass is 9.84. The van der Waals surface area contributed by atoms with E-state index in [4.69, 9.17) is 10.5 Å². The number of fused-ring (bicyclic) bond motifs is 1. The summed E-state index contributed by atoms with van der Waals surface area (Å²) in [7, 11) is 1.88. The van der Waals surface area contributed by atoms with Crippen molar-refractivity contribution in [3.63, 3.8) is 0 Å². The van der Waals surface area contributed by atoms with Gasteiger partial charge in [-0.15, -0.1) is 0 Å². The molecular weight excluding hydrogens is 298 g/mol. The van der Waals surface area contributed by atoms with Crippen molar-refractivity contribution in [3.8, 4) is 12.1 Å². The number of thioether (sulfide) groups is 1. The fourth-order valence-electron chi connectivity index (χ4n) is 2.31. The maximum absolute atomic E-state index is 11.7. The molecule has 0 aromatic heterocycles. The van der Waals surface area contributed by atoms with Gasteiger partial charge in [0.05, 0.1) is 16.3 Å². The molecule has 2 aliphatic rings. The first-order valence-corrected chi connectivity index (χ1v) is 7.15. The second kappa shape index (κ2) is 5.10. The average Bonchev–Trinajstić information content (AvgIpc) is 2.87. The Morgan fingerprint density at radius 1 is 1.32 bits per heavy atom. The highest BCUT2D eigenvalue weighted by Gasteiger charge is 2.36. The zero-order chi connectivity index (χ0) is 15.9. The van der Waals surface area contributed by atoms with Crippen molar-refractivity contribution in [2.75, 3.05) is 11.9 Å². The second-order valence-corrected chi connectivity index (χ2v) is 5.74. The van der Waals surface area contributed by atoms with Crippen LogP contribution >= 0.6 is 11.8 Å². The number of rotatable bonds is 1. The Morgan fingerprint density at radius 3 is 2.64 bits per heavy atom. The minimum atomic E-state index is -0.659. The van der Waals surface area contributed by atoms with Gasteiger partial charge < -0.3 is 10.0 Å². The number of hydrogen-bond acceptors (Lipinski definition) is 6. The Bertz CT molecular complexity index is 865. The lowest BCUT2D eigenvalue weighted by Gasteiger charge is -2.21.